The van der Waals surface area contributed by atoms with Crippen LogP contribution in [0.3, 0.4) is 0 Å². The van der Waals surface area contributed by atoms with Crippen LogP contribution in [0.1, 0.15) is 0 Å². The molecule has 5 heteroatoms. The number of methoxy groups -OCH3 is 1. The van der Waals surface area contributed by atoms with Gasteiger partial charge in [-0.3, -0.25) is 0 Å². The average molecular weight is 250 g/mol. The molecule has 1 atom stereocenters. The summed E-state index contributed by atoms with van der Waals surface area (Å²) in [7, 11) is 1.51. The Morgan fingerprint density at radius 3 is 2.83 bits per heavy atom. The Hall–Kier alpha value is -1.85. The standard InChI is InChI=1S/C13H14O5/c1-16-7-10(14)8-17-11-4-2-9-3-5-13(15)18-12(9)6-11/h2-6,10,14H,7-8H2,1H3/t10-/m0/s1. The van der Waals surface area contributed by atoms with Crippen LogP contribution in [0.2, 0.25) is 0 Å². The van der Waals surface area contributed by atoms with Gasteiger partial charge < -0.3 is 19.0 Å². The van der Waals surface area contributed by atoms with Gasteiger partial charge in [-0.2, -0.15) is 0 Å². The van der Waals surface area contributed by atoms with Crippen molar-refractivity contribution >= 4 is 11.0 Å². The van der Waals surface area contributed by atoms with Gasteiger partial charge in [0.05, 0.1) is 6.61 Å². The molecule has 0 radical (unpaired) electrons. The van der Waals surface area contributed by atoms with Gasteiger partial charge in [-0.15, -0.1) is 0 Å². The van der Waals surface area contributed by atoms with Crippen molar-refractivity contribution in [2.75, 3.05) is 20.3 Å². The quantitative estimate of drug-likeness (QED) is 0.807. The zero-order chi connectivity index (χ0) is 13.0. The maximum atomic E-state index is 11.1. The van der Waals surface area contributed by atoms with Crippen LogP contribution in [0.25, 0.3) is 11.0 Å². The first-order chi connectivity index (χ1) is 8.69. The van der Waals surface area contributed by atoms with Crippen molar-refractivity contribution in [2.45, 2.75) is 6.10 Å². The molecule has 2 rings (SSSR count). The van der Waals surface area contributed by atoms with E-state index in [-0.39, 0.29) is 13.2 Å². The Balaban J connectivity index is 2.12. The molecule has 0 unspecified atom stereocenters. The van der Waals surface area contributed by atoms with E-state index >= 15 is 0 Å². The van der Waals surface area contributed by atoms with Gasteiger partial charge >= 0.3 is 5.63 Å². The van der Waals surface area contributed by atoms with Crippen LogP contribution in [-0.4, -0.2) is 31.5 Å². The lowest BCUT2D eigenvalue weighted by Crippen LogP contribution is -2.22. The average Bonchev–Trinajstić information content (AvgIpc) is 2.36. The van der Waals surface area contributed by atoms with E-state index in [2.05, 4.69) is 0 Å². The molecule has 2 aromatic rings. The zero-order valence-electron chi connectivity index (χ0n) is 9.96. The molecule has 1 aromatic carbocycles. The third kappa shape index (κ3) is 3.09. The summed E-state index contributed by atoms with van der Waals surface area (Å²) in [5.41, 5.74) is 0.0558. The number of rotatable bonds is 5. The molecule has 0 aliphatic carbocycles. The first-order valence-corrected chi connectivity index (χ1v) is 5.53. The highest BCUT2D eigenvalue weighted by Gasteiger charge is 2.05. The van der Waals surface area contributed by atoms with E-state index in [0.717, 1.165) is 5.39 Å². The van der Waals surface area contributed by atoms with Crippen LogP contribution >= 0.6 is 0 Å². The van der Waals surface area contributed by atoms with Gasteiger partial charge in [-0.05, 0) is 18.2 Å². The van der Waals surface area contributed by atoms with Crippen LogP contribution < -0.4 is 10.4 Å². The van der Waals surface area contributed by atoms with Crippen molar-refractivity contribution < 1.29 is 19.0 Å². The first kappa shape index (κ1) is 12.6. The van der Waals surface area contributed by atoms with Crippen LogP contribution in [0.4, 0.5) is 0 Å². The van der Waals surface area contributed by atoms with Crippen LogP contribution in [0, 0.1) is 0 Å². The van der Waals surface area contributed by atoms with Crippen molar-refractivity contribution in [2.24, 2.45) is 0 Å². The van der Waals surface area contributed by atoms with E-state index in [4.69, 9.17) is 13.9 Å². The minimum Gasteiger partial charge on any atom is -0.491 e. The Kier molecular flexibility index (Phi) is 3.96. The predicted molar refractivity (Wildman–Crippen MR) is 65.9 cm³/mol. The number of ether oxygens (including phenoxy) is 2. The summed E-state index contributed by atoms with van der Waals surface area (Å²) in [6.07, 6.45) is -0.687. The van der Waals surface area contributed by atoms with Gasteiger partial charge in [0, 0.05) is 24.6 Å². The molecule has 5 nitrogen and oxygen atoms in total. The lowest BCUT2D eigenvalue weighted by Gasteiger charge is -2.11. The van der Waals surface area contributed by atoms with Gasteiger partial charge in [0.25, 0.3) is 0 Å². The second-order valence-electron chi connectivity index (χ2n) is 3.87. The molecule has 0 saturated carbocycles. The van der Waals surface area contributed by atoms with E-state index in [1.54, 1.807) is 24.3 Å². The topological polar surface area (TPSA) is 68.9 Å². The SMILES string of the molecule is COC[C@H](O)COc1ccc2ccc(=O)oc2c1. The molecule has 0 aliphatic rings. The molecular formula is C13H14O5. The number of hydrogen-bond acceptors (Lipinski definition) is 5. The molecule has 0 bridgehead atoms. The van der Waals surface area contributed by atoms with Gasteiger partial charge in [0.2, 0.25) is 0 Å². The fraction of sp³-hybridized carbons (Fsp3) is 0.308. The van der Waals surface area contributed by atoms with Crippen molar-refractivity contribution in [1.29, 1.82) is 0 Å². The molecule has 1 heterocycles. The zero-order valence-corrected chi connectivity index (χ0v) is 9.96. The van der Waals surface area contributed by atoms with Crippen LogP contribution in [0.5, 0.6) is 5.75 Å². The van der Waals surface area contributed by atoms with Gasteiger partial charge in [0.1, 0.15) is 24.0 Å². The smallest absolute Gasteiger partial charge is 0.336 e. The highest BCUT2D eigenvalue weighted by molar-refractivity contribution is 5.77. The lowest BCUT2D eigenvalue weighted by atomic mass is 10.2. The summed E-state index contributed by atoms with van der Waals surface area (Å²) in [4.78, 5) is 11.1. The van der Waals surface area contributed by atoms with Crippen LogP contribution in [0.15, 0.2) is 39.5 Å². The number of fused-ring (bicyclic) bond motifs is 1. The van der Waals surface area contributed by atoms with E-state index in [1.165, 1.54) is 13.2 Å². The Morgan fingerprint density at radius 2 is 2.06 bits per heavy atom. The minimum atomic E-state index is -0.687. The van der Waals surface area contributed by atoms with E-state index in [1.807, 2.05) is 0 Å². The number of aliphatic hydroxyl groups is 1. The van der Waals surface area contributed by atoms with Crippen molar-refractivity contribution in [3.63, 3.8) is 0 Å². The molecule has 0 saturated heterocycles. The summed E-state index contributed by atoms with van der Waals surface area (Å²) >= 11 is 0. The summed E-state index contributed by atoms with van der Waals surface area (Å²) in [5, 5.41) is 10.3. The highest BCUT2D eigenvalue weighted by atomic mass is 16.5. The summed E-state index contributed by atoms with van der Waals surface area (Å²) in [6, 6.07) is 8.21. The monoisotopic (exact) mass is 250 g/mol. The van der Waals surface area contributed by atoms with Crippen molar-refractivity contribution in [1.82, 2.24) is 0 Å². The largest absolute Gasteiger partial charge is 0.491 e. The Morgan fingerprint density at radius 1 is 1.28 bits per heavy atom. The molecule has 96 valence electrons. The molecule has 0 amide bonds. The molecule has 1 N–H and O–H groups in total. The predicted octanol–water partition coefficient (Wildman–Crippen LogP) is 1.18. The highest BCUT2D eigenvalue weighted by Crippen LogP contribution is 2.19. The van der Waals surface area contributed by atoms with Gasteiger partial charge in [0.15, 0.2) is 0 Å². The molecular weight excluding hydrogens is 236 g/mol. The Bertz CT molecular complexity index is 575. The number of benzene rings is 1. The van der Waals surface area contributed by atoms with Crippen molar-refractivity contribution in [3.8, 4) is 5.75 Å². The second kappa shape index (κ2) is 5.66. The summed E-state index contributed by atoms with van der Waals surface area (Å²) in [5.74, 6) is 0.534. The molecule has 18 heavy (non-hydrogen) atoms. The number of aliphatic hydroxyl groups excluding tert-OH is 1. The second-order valence-corrected chi connectivity index (χ2v) is 3.87. The molecule has 0 spiro atoms. The maximum Gasteiger partial charge on any atom is 0.336 e. The van der Waals surface area contributed by atoms with Crippen LogP contribution in [-0.2, 0) is 4.74 Å². The van der Waals surface area contributed by atoms with Gasteiger partial charge in [-0.1, -0.05) is 0 Å². The lowest BCUT2D eigenvalue weighted by molar-refractivity contribution is 0.0325. The fourth-order valence-corrected chi connectivity index (χ4v) is 1.56. The third-order valence-corrected chi connectivity index (χ3v) is 2.40. The fourth-order valence-electron chi connectivity index (χ4n) is 1.56. The van der Waals surface area contributed by atoms with Crippen molar-refractivity contribution in [3.05, 3.63) is 40.8 Å². The van der Waals surface area contributed by atoms with Gasteiger partial charge in [-0.25, -0.2) is 4.79 Å². The van der Waals surface area contributed by atoms with E-state index < -0.39 is 11.7 Å². The molecule has 1 aromatic heterocycles. The maximum absolute atomic E-state index is 11.1. The first-order valence-electron chi connectivity index (χ1n) is 5.53. The minimum absolute atomic E-state index is 0.121. The molecule has 0 fully saturated rings. The molecule has 0 aliphatic heterocycles. The Labute approximate surface area is 104 Å². The number of hydrogen-bond donors (Lipinski definition) is 1. The summed E-state index contributed by atoms with van der Waals surface area (Å²) < 4.78 is 15.2. The van der Waals surface area contributed by atoms with E-state index in [0.29, 0.717) is 11.3 Å². The third-order valence-electron chi connectivity index (χ3n) is 2.40. The van der Waals surface area contributed by atoms with E-state index in [9.17, 15) is 9.90 Å². The summed E-state index contributed by atoms with van der Waals surface area (Å²) in [6.45, 7) is 0.332. The normalized spacial score (nSPS) is 12.6.